The molecular formula is C16H26FN3O. The summed E-state index contributed by atoms with van der Waals surface area (Å²) in [6.45, 7) is 6.75. The van der Waals surface area contributed by atoms with E-state index in [0.717, 1.165) is 32.6 Å². The van der Waals surface area contributed by atoms with E-state index < -0.39 is 0 Å². The standard InChI is InChI=1S/C16H26FN3O/c1-3-16(12-18,13-21-2)20-10-8-19(9-11-20)15-7-5-4-6-14(15)17/h4-7H,3,8-13,18H2,1-2H3. The molecule has 0 saturated carbocycles. The van der Waals surface area contributed by atoms with Gasteiger partial charge in [0.05, 0.1) is 17.8 Å². The van der Waals surface area contributed by atoms with Crippen LogP contribution in [0.2, 0.25) is 0 Å². The molecule has 0 radical (unpaired) electrons. The van der Waals surface area contributed by atoms with E-state index in [-0.39, 0.29) is 11.4 Å². The van der Waals surface area contributed by atoms with Crippen molar-refractivity contribution in [1.29, 1.82) is 0 Å². The number of benzene rings is 1. The van der Waals surface area contributed by atoms with Crippen molar-refractivity contribution in [1.82, 2.24) is 4.90 Å². The Kier molecular flexibility index (Phi) is 5.56. The van der Waals surface area contributed by atoms with Gasteiger partial charge in [-0.15, -0.1) is 0 Å². The molecule has 0 bridgehead atoms. The Balaban J connectivity index is 2.04. The first-order valence-electron chi connectivity index (χ1n) is 7.60. The number of ether oxygens (including phenoxy) is 1. The van der Waals surface area contributed by atoms with Crippen LogP contribution >= 0.6 is 0 Å². The summed E-state index contributed by atoms with van der Waals surface area (Å²) in [5.41, 5.74) is 6.60. The molecule has 1 heterocycles. The van der Waals surface area contributed by atoms with Crippen LogP contribution in [0.5, 0.6) is 0 Å². The smallest absolute Gasteiger partial charge is 0.146 e. The first-order chi connectivity index (χ1) is 10.2. The molecule has 2 N–H and O–H groups in total. The van der Waals surface area contributed by atoms with E-state index in [1.165, 1.54) is 6.07 Å². The molecule has 0 aromatic heterocycles. The lowest BCUT2D eigenvalue weighted by Crippen LogP contribution is -2.62. The van der Waals surface area contributed by atoms with Gasteiger partial charge in [0.2, 0.25) is 0 Å². The Morgan fingerprint density at radius 2 is 1.90 bits per heavy atom. The molecule has 0 spiro atoms. The van der Waals surface area contributed by atoms with Crippen LogP contribution in [0.1, 0.15) is 13.3 Å². The number of nitrogens with zero attached hydrogens (tertiary/aromatic N) is 2. The number of hydrogen-bond donors (Lipinski definition) is 1. The van der Waals surface area contributed by atoms with Crippen molar-refractivity contribution in [2.75, 3.05) is 51.3 Å². The van der Waals surface area contributed by atoms with Gasteiger partial charge in [0.1, 0.15) is 5.82 Å². The maximum absolute atomic E-state index is 13.9. The van der Waals surface area contributed by atoms with Gasteiger partial charge in [-0.2, -0.15) is 0 Å². The molecule has 1 saturated heterocycles. The van der Waals surface area contributed by atoms with Crippen molar-refractivity contribution in [2.45, 2.75) is 18.9 Å². The van der Waals surface area contributed by atoms with Crippen molar-refractivity contribution >= 4 is 5.69 Å². The predicted molar refractivity (Wildman–Crippen MR) is 84.1 cm³/mol. The minimum Gasteiger partial charge on any atom is -0.383 e. The molecule has 1 aliphatic heterocycles. The molecule has 1 aromatic carbocycles. The zero-order chi connectivity index (χ0) is 15.3. The van der Waals surface area contributed by atoms with Gasteiger partial charge >= 0.3 is 0 Å². The fourth-order valence-corrected chi connectivity index (χ4v) is 3.15. The molecule has 4 nitrogen and oxygen atoms in total. The van der Waals surface area contributed by atoms with Gasteiger partial charge in [0.15, 0.2) is 0 Å². The minimum atomic E-state index is -0.150. The molecule has 1 atom stereocenters. The molecule has 1 fully saturated rings. The fourth-order valence-electron chi connectivity index (χ4n) is 3.15. The summed E-state index contributed by atoms with van der Waals surface area (Å²) in [4.78, 5) is 4.50. The van der Waals surface area contributed by atoms with Gasteiger partial charge in [-0.3, -0.25) is 4.90 Å². The highest BCUT2D eigenvalue weighted by Gasteiger charge is 2.36. The Labute approximate surface area is 126 Å². The van der Waals surface area contributed by atoms with Crippen LogP contribution in [0, 0.1) is 5.82 Å². The predicted octanol–water partition coefficient (Wildman–Crippen LogP) is 1.70. The van der Waals surface area contributed by atoms with E-state index >= 15 is 0 Å². The lowest BCUT2D eigenvalue weighted by atomic mass is 9.93. The monoisotopic (exact) mass is 295 g/mol. The summed E-state index contributed by atoms with van der Waals surface area (Å²) in [5.74, 6) is -0.150. The second kappa shape index (κ2) is 7.20. The summed E-state index contributed by atoms with van der Waals surface area (Å²) in [6.07, 6.45) is 0.955. The van der Waals surface area contributed by atoms with E-state index in [0.29, 0.717) is 18.8 Å². The fraction of sp³-hybridized carbons (Fsp3) is 0.625. The molecule has 21 heavy (non-hydrogen) atoms. The molecule has 5 heteroatoms. The van der Waals surface area contributed by atoms with Crippen LogP contribution in [0.3, 0.4) is 0 Å². The summed E-state index contributed by atoms with van der Waals surface area (Å²) in [7, 11) is 1.72. The quantitative estimate of drug-likeness (QED) is 0.867. The lowest BCUT2D eigenvalue weighted by Gasteiger charge is -2.47. The molecule has 1 unspecified atom stereocenters. The second-order valence-corrected chi connectivity index (χ2v) is 5.64. The third-order valence-corrected chi connectivity index (χ3v) is 4.59. The molecule has 1 aliphatic rings. The van der Waals surface area contributed by atoms with Crippen LogP contribution < -0.4 is 10.6 Å². The van der Waals surface area contributed by atoms with Crippen LogP contribution in [-0.2, 0) is 4.74 Å². The summed E-state index contributed by atoms with van der Waals surface area (Å²) in [5, 5.41) is 0. The lowest BCUT2D eigenvalue weighted by molar-refractivity contribution is 0.00850. The number of piperazine rings is 1. The number of rotatable bonds is 6. The zero-order valence-corrected chi connectivity index (χ0v) is 13.0. The number of methoxy groups -OCH3 is 1. The summed E-state index contributed by atoms with van der Waals surface area (Å²) >= 11 is 0. The Morgan fingerprint density at radius 1 is 1.24 bits per heavy atom. The molecule has 0 amide bonds. The van der Waals surface area contributed by atoms with Crippen LogP contribution in [0.4, 0.5) is 10.1 Å². The van der Waals surface area contributed by atoms with Gasteiger partial charge in [0.25, 0.3) is 0 Å². The van der Waals surface area contributed by atoms with E-state index in [2.05, 4.69) is 16.7 Å². The summed E-state index contributed by atoms with van der Waals surface area (Å²) < 4.78 is 19.2. The highest BCUT2D eigenvalue weighted by atomic mass is 19.1. The number of nitrogens with two attached hydrogens (primary N) is 1. The van der Waals surface area contributed by atoms with Crippen LogP contribution in [0.25, 0.3) is 0 Å². The van der Waals surface area contributed by atoms with E-state index in [1.807, 2.05) is 12.1 Å². The largest absolute Gasteiger partial charge is 0.383 e. The van der Waals surface area contributed by atoms with Gasteiger partial charge in [0, 0.05) is 39.8 Å². The molecule has 0 aliphatic carbocycles. The van der Waals surface area contributed by atoms with Crippen molar-refractivity contribution in [2.24, 2.45) is 5.73 Å². The maximum atomic E-state index is 13.9. The van der Waals surface area contributed by atoms with Crippen molar-refractivity contribution in [3.63, 3.8) is 0 Å². The maximum Gasteiger partial charge on any atom is 0.146 e. The topological polar surface area (TPSA) is 41.7 Å². The summed E-state index contributed by atoms with van der Waals surface area (Å²) in [6, 6.07) is 6.97. The third-order valence-electron chi connectivity index (χ3n) is 4.59. The zero-order valence-electron chi connectivity index (χ0n) is 13.0. The second-order valence-electron chi connectivity index (χ2n) is 5.64. The third kappa shape index (κ3) is 3.36. The van der Waals surface area contributed by atoms with Crippen molar-refractivity contribution in [3.05, 3.63) is 30.1 Å². The number of halogens is 1. The first-order valence-corrected chi connectivity index (χ1v) is 7.60. The van der Waals surface area contributed by atoms with Crippen LogP contribution in [0.15, 0.2) is 24.3 Å². The number of anilines is 1. The van der Waals surface area contributed by atoms with Crippen molar-refractivity contribution in [3.8, 4) is 0 Å². The molecule has 118 valence electrons. The van der Waals surface area contributed by atoms with Crippen molar-refractivity contribution < 1.29 is 9.13 Å². The molecule has 1 aromatic rings. The normalized spacial score (nSPS) is 19.5. The Bertz CT molecular complexity index is 443. The van der Waals surface area contributed by atoms with Gasteiger partial charge in [-0.25, -0.2) is 4.39 Å². The first kappa shape index (κ1) is 16.2. The van der Waals surface area contributed by atoms with E-state index in [9.17, 15) is 4.39 Å². The van der Waals surface area contributed by atoms with Gasteiger partial charge in [-0.1, -0.05) is 19.1 Å². The number of hydrogen-bond acceptors (Lipinski definition) is 4. The average molecular weight is 295 g/mol. The Hall–Kier alpha value is -1.17. The van der Waals surface area contributed by atoms with Gasteiger partial charge in [-0.05, 0) is 18.6 Å². The van der Waals surface area contributed by atoms with E-state index in [4.69, 9.17) is 10.5 Å². The average Bonchev–Trinajstić information content (AvgIpc) is 2.53. The van der Waals surface area contributed by atoms with Gasteiger partial charge < -0.3 is 15.4 Å². The highest BCUT2D eigenvalue weighted by molar-refractivity contribution is 5.48. The van der Waals surface area contributed by atoms with E-state index in [1.54, 1.807) is 13.2 Å². The van der Waals surface area contributed by atoms with Crippen LogP contribution in [-0.4, -0.2) is 56.9 Å². The highest BCUT2D eigenvalue weighted by Crippen LogP contribution is 2.25. The number of para-hydroxylation sites is 1. The SMILES string of the molecule is CCC(CN)(COC)N1CCN(c2ccccc2F)CC1. The Morgan fingerprint density at radius 3 is 2.43 bits per heavy atom. The molecular weight excluding hydrogens is 269 g/mol. The molecule has 2 rings (SSSR count). The minimum absolute atomic E-state index is 0.101.